The van der Waals surface area contributed by atoms with Crippen molar-refractivity contribution in [3.63, 3.8) is 0 Å². The Kier molecular flexibility index (Phi) is 3.54. The predicted molar refractivity (Wildman–Crippen MR) is 69.6 cm³/mol. The van der Waals surface area contributed by atoms with E-state index in [1.165, 1.54) is 4.68 Å². The summed E-state index contributed by atoms with van der Waals surface area (Å²) in [7, 11) is 0. The second kappa shape index (κ2) is 4.96. The fourth-order valence-electron chi connectivity index (χ4n) is 1.60. The molecular formula is C11H9Cl2N3O2. The highest BCUT2D eigenvalue weighted by atomic mass is 35.5. The van der Waals surface area contributed by atoms with Gasteiger partial charge >= 0.3 is 5.69 Å². The Morgan fingerprint density at radius 2 is 1.94 bits per heavy atom. The minimum Gasteiger partial charge on any atom is -0.258 e. The first-order chi connectivity index (χ1) is 8.54. The molecule has 0 unspecified atom stereocenters. The highest BCUT2D eigenvalue weighted by Gasteiger charge is 2.25. The molecule has 0 bridgehead atoms. The van der Waals surface area contributed by atoms with Crippen molar-refractivity contribution in [3.05, 3.63) is 50.2 Å². The normalized spacial score (nSPS) is 10.6. The van der Waals surface area contributed by atoms with Crippen LogP contribution in [0.15, 0.2) is 24.3 Å². The Labute approximate surface area is 113 Å². The zero-order valence-corrected chi connectivity index (χ0v) is 10.9. The quantitative estimate of drug-likeness (QED) is 0.639. The Morgan fingerprint density at radius 3 is 2.39 bits per heavy atom. The number of nitro groups is 1. The topological polar surface area (TPSA) is 61.0 Å². The third-order valence-electron chi connectivity index (χ3n) is 2.46. The van der Waals surface area contributed by atoms with E-state index in [0.29, 0.717) is 22.8 Å². The van der Waals surface area contributed by atoms with Gasteiger partial charge in [-0.2, -0.15) is 5.10 Å². The molecule has 1 aromatic carbocycles. The number of benzene rings is 1. The molecule has 0 aliphatic carbocycles. The lowest BCUT2D eigenvalue weighted by molar-refractivity contribution is -0.385. The molecule has 0 amide bonds. The zero-order valence-electron chi connectivity index (χ0n) is 9.43. The van der Waals surface area contributed by atoms with Gasteiger partial charge in [0, 0.05) is 5.02 Å². The Hall–Kier alpha value is -1.59. The number of aromatic nitrogens is 2. The summed E-state index contributed by atoms with van der Waals surface area (Å²) in [5.74, 6) is 0. The molecule has 1 aromatic heterocycles. The maximum atomic E-state index is 10.9. The summed E-state index contributed by atoms with van der Waals surface area (Å²) in [6.45, 7) is 1.79. The number of rotatable bonds is 3. The summed E-state index contributed by atoms with van der Waals surface area (Å²) in [4.78, 5) is 10.4. The van der Waals surface area contributed by atoms with Crippen LogP contribution >= 0.6 is 23.2 Å². The van der Waals surface area contributed by atoms with Crippen molar-refractivity contribution in [2.45, 2.75) is 13.3 Å². The van der Waals surface area contributed by atoms with Crippen LogP contribution in [0.4, 0.5) is 5.69 Å². The van der Waals surface area contributed by atoms with Gasteiger partial charge in [-0.15, -0.1) is 0 Å². The number of halogens is 2. The predicted octanol–water partition coefficient (Wildman–Crippen LogP) is 3.65. The number of hydrogen-bond donors (Lipinski definition) is 0. The Balaban J connectivity index is 2.59. The van der Waals surface area contributed by atoms with Crippen molar-refractivity contribution < 1.29 is 4.92 Å². The smallest absolute Gasteiger partial charge is 0.258 e. The number of hydrogen-bond acceptors (Lipinski definition) is 3. The average molecular weight is 286 g/mol. The van der Waals surface area contributed by atoms with Crippen molar-refractivity contribution in [2.75, 3.05) is 0 Å². The summed E-state index contributed by atoms with van der Waals surface area (Å²) in [5.41, 5.74) is 0.848. The van der Waals surface area contributed by atoms with E-state index in [4.69, 9.17) is 23.2 Å². The zero-order chi connectivity index (χ0) is 13.3. The maximum absolute atomic E-state index is 10.9. The van der Waals surface area contributed by atoms with Crippen LogP contribution in [0, 0.1) is 10.1 Å². The molecule has 94 valence electrons. The molecule has 0 aliphatic rings. The molecule has 0 aliphatic heterocycles. The van der Waals surface area contributed by atoms with Gasteiger partial charge in [-0.3, -0.25) is 10.1 Å². The second-order valence-electron chi connectivity index (χ2n) is 3.58. The van der Waals surface area contributed by atoms with E-state index in [1.807, 2.05) is 0 Å². The monoisotopic (exact) mass is 285 g/mol. The van der Waals surface area contributed by atoms with Crippen LogP contribution in [0.1, 0.15) is 12.6 Å². The minimum absolute atomic E-state index is 0.000766. The molecule has 18 heavy (non-hydrogen) atoms. The van der Waals surface area contributed by atoms with Gasteiger partial charge in [0.1, 0.15) is 5.69 Å². The van der Waals surface area contributed by atoms with Crippen LogP contribution in [0.5, 0.6) is 0 Å². The van der Waals surface area contributed by atoms with Crippen LogP contribution in [-0.2, 0) is 6.42 Å². The van der Waals surface area contributed by atoms with E-state index in [1.54, 1.807) is 31.2 Å². The summed E-state index contributed by atoms with van der Waals surface area (Å²) < 4.78 is 1.34. The lowest BCUT2D eigenvalue weighted by Crippen LogP contribution is -1.96. The molecule has 1 heterocycles. The molecular weight excluding hydrogens is 277 g/mol. The molecule has 0 saturated heterocycles. The van der Waals surface area contributed by atoms with Gasteiger partial charge in [-0.05, 0) is 30.7 Å². The summed E-state index contributed by atoms with van der Waals surface area (Å²) in [6.07, 6.45) is 0.441. The molecule has 0 spiro atoms. The lowest BCUT2D eigenvalue weighted by atomic mass is 10.3. The van der Waals surface area contributed by atoms with E-state index in [-0.39, 0.29) is 10.8 Å². The first-order valence-electron chi connectivity index (χ1n) is 5.22. The van der Waals surface area contributed by atoms with Crippen LogP contribution < -0.4 is 0 Å². The molecule has 7 heteroatoms. The fraction of sp³-hybridized carbons (Fsp3) is 0.182. The van der Waals surface area contributed by atoms with Crippen molar-refractivity contribution in [3.8, 4) is 5.69 Å². The van der Waals surface area contributed by atoms with E-state index in [9.17, 15) is 10.1 Å². The van der Waals surface area contributed by atoms with Crippen LogP contribution in [0.2, 0.25) is 10.2 Å². The summed E-state index contributed by atoms with van der Waals surface area (Å²) in [5, 5.41) is 15.7. The van der Waals surface area contributed by atoms with Crippen LogP contribution in [-0.4, -0.2) is 14.7 Å². The van der Waals surface area contributed by atoms with Crippen LogP contribution in [0.3, 0.4) is 0 Å². The second-order valence-corrected chi connectivity index (χ2v) is 4.38. The third-order valence-corrected chi connectivity index (χ3v) is 3.06. The molecule has 0 fully saturated rings. The first-order valence-corrected chi connectivity index (χ1v) is 5.98. The largest absolute Gasteiger partial charge is 0.329 e. The van der Waals surface area contributed by atoms with Gasteiger partial charge in [-0.25, -0.2) is 4.68 Å². The van der Waals surface area contributed by atoms with Gasteiger partial charge in [-0.1, -0.05) is 30.1 Å². The average Bonchev–Trinajstić information content (AvgIpc) is 2.67. The highest BCUT2D eigenvalue weighted by Crippen LogP contribution is 2.31. The van der Waals surface area contributed by atoms with E-state index >= 15 is 0 Å². The lowest BCUT2D eigenvalue weighted by Gasteiger charge is -2.01. The molecule has 0 N–H and O–H groups in total. The maximum Gasteiger partial charge on any atom is 0.329 e. The molecule has 2 aromatic rings. The third kappa shape index (κ3) is 2.19. The van der Waals surface area contributed by atoms with E-state index < -0.39 is 4.92 Å². The fourth-order valence-corrected chi connectivity index (χ4v) is 2.04. The molecule has 0 saturated carbocycles. The molecule has 0 radical (unpaired) electrons. The summed E-state index contributed by atoms with van der Waals surface area (Å²) in [6, 6.07) is 6.74. The molecule has 2 rings (SSSR count). The number of nitrogens with zero attached hydrogens (tertiary/aromatic N) is 3. The van der Waals surface area contributed by atoms with E-state index in [2.05, 4.69) is 5.10 Å². The van der Waals surface area contributed by atoms with Gasteiger partial charge in [0.15, 0.2) is 0 Å². The number of aryl methyl sites for hydroxylation is 1. The highest BCUT2D eigenvalue weighted by molar-refractivity contribution is 6.32. The minimum atomic E-state index is -0.513. The van der Waals surface area contributed by atoms with Crippen molar-refractivity contribution in [1.82, 2.24) is 9.78 Å². The van der Waals surface area contributed by atoms with Crippen LogP contribution in [0.25, 0.3) is 5.69 Å². The van der Waals surface area contributed by atoms with Crippen molar-refractivity contribution in [2.24, 2.45) is 0 Å². The van der Waals surface area contributed by atoms with E-state index in [0.717, 1.165) is 0 Å². The summed E-state index contributed by atoms with van der Waals surface area (Å²) >= 11 is 11.8. The van der Waals surface area contributed by atoms with Gasteiger partial charge in [0.2, 0.25) is 5.15 Å². The Bertz CT molecular complexity index is 593. The SMILES string of the molecule is CCc1nn(-c2ccc(Cl)cc2)c(Cl)c1[N+](=O)[O-]. The molecule has 0 atom stereocenters. The van der Waals surface area contributed by atoms with Gasteiger partial charge < -0.3 is 0 Å². The first kappa shape index (κ1) is 12.9. The Morgan fingerprint density at radius 1 is 1.33 bits per heavy atom. The van der Waals surface area contributed by atoms with Gasteiger partial charge in [0.25, 0.3) is 0 Å². The standard InChI is InChI=1S/C11H9Cl2N3O2/c1-2-9-10(16(17)18)11(13)15(14-9)8-5-3-7(12)4-6-8/h3-6H,2H2,1H3. The van der Waals surface area contributed by atoms with Crippen molar-refractivity contribution >= 4 is 28.9 Å². The molecule has 5 nitrogen and oxygen atoms in total. The van der Waals surface area contributed by atoms with Crippen molar-refractivity contribution in [1.29, 1.82) is 0 Å². The van der Waals surface area contributed by atoms with Gasteiger partial charge in [0.05, 0.1) is 10.6 Å².